The van der Waals surface area contributed by atoms with Crippen molar-refractivity contribution in [1.29, 1.82) is 0 Å². The Morgan fingerprint density at radius 3 is 2.55 bits per heavy atom. The van der Waals surface area contributed by atoms with Gasteiger partial charge in [-0.25, -0.2) is 9.18 Å². The second kappa shape index (κ2) is 6.05. The van der Waals surface area contributed by atoms with Crippen LogP contribution in [0.25, 0.3) is 0 Å². The molecule has 1 N–H and O–H groups in total. The molecule has 0 radical (unpaired) electrons. The number of hydrogen-bond acceptors (Lipinski definition) is 2. The van der Waals surface area contributed by atoms with Crippen LogP contribution in [0.2, 0.25) is 5.02 Å². The lowest BCUT2D eigenvalue weighted by Crippen LogP contribution is -2.37. The van der Waals surface area contributed by atoms with Crippen LogP contribution < -0.4 is 5.32 Å². The van der Waals surface area contributed by atoms with E-state index in [0.717, 1.165) is 6.07 Å². The molecule has 0 unspecified atom stereocenters. The number of benzene rings is 1. The van der Waals surface area contributed by atoms with Gasteiger partial charge in [0, 0.05) is 12.0 Å². The van der Waals surface area contributed by atoms with Crippen molar-refractivity contribution >= 4 is 30.1 Å². The molecule has 1 saturated heterocycles. The van der Waals surface area contributed by atoms with Crippen LogP contribution in [0.1, 0.15) is 23.6 Å². The summed E-state index contributed by atoms with van der Waals surface area (Å²) in [6.45, 7) is -0.0836. The molecule has 9 heteroatoms. The SMILES string of the molecule is Cl.O=C1N[C@@H](c2c(C(F)(F)F)ccc(Cl)c2F)CCO1. The van der Waals surface area contributed by atoms with Crippen molar-refractivity contribution < 1.29 is 27.1 Å². The first-order valence-corrected chi connectivity index (χ1v) is 5.67. The zero-order chi connectivity index (χ0) is 14.2. The van der Waals surface area contributed by atoms with Gasteiger partial charge in [0.2, 0.25) is 0 Å². The van der Waals surface area contributed by atoms with Gasteiger partial charge in [0.15, 0.2) is 0 Å². The fourth-order valence-electron chi connectivity index (χ4n) is 1.90. The maximum absolute atomic E-state index is 13.9. The average molecular weight is 334 g/mol. The maximum atomic E-state index is 13.9. The summed E-state index contributed by atoms with van der Waals surface area (Å²) in [5, 5.41) is 1.73. The molecule has 1 atom stereocenters. The number of ether oxygens (including phenoxy) is 1. The Hall–Kier alpha value is -1.21. The highest BCUT2D eigenvalue weighted by Gasteiger charge is 2.38. The molecule has 0 saturated carbocycles. The van der Waals surface area contributed by atoms with E-state index in [1.54, 1.807) is 0 Å². The van der Waals surface area contributed by atoms with E-state index in [-0.39, 0.29) is 25.4 Å². The Morgan fingerprint density at radius 1 is 1.35 bits per heavy atom. The number of alkyl halides is 3. The third kappa shape index (κ3) is 3.27. The van der Waals surface area contributed by atoms with Crippen LogP contribution in [0.15, 0.2) is 12.1 Å². The smallest absolute Gasteiger partial charge is 0.416 e. The predicted octanol–water partition coefficient (Wildman–Crippen LogP) is 4.09. The lowest BCUT2D eigenvalue weighted by Gasteiger charge is -2.26. The Balaban J connectivity index is 0.00000200. The average Bonchev–Trinajstić information content (AvgIpc) is 2.31. The summed E-state index contributed by atoms with van der Waals surface area (Å²) in [6.07, 6.45) is -5.58. The molecular weight excluding hydrogens is 325 g/mol. The van der Waals surface area contributed by atoms with E-state index >= 15 is 0 Å². The molecule has 1 aliphatic rings. The normalized spacial score (nSPS) is 18.9. The number of halogens is 6. The van der Waals surface area contributed by atoms with Gasteiger partial charge in [-0.1, -0.05) is 11.6 Å². The Morgan fingerprint density at radius 2 is 2.00 bits per heavy atom. The summed E-state index contributed by atoms with van der Waals surface area (Å²) in [7, 11) is 0. The number of amides is 1. The first-order valence-electron chi connectivity index (χ1n) is 5.29. The van der Waals surface area contributed by atoms with Crippen LogP contribution in [0.4, 0.5) is 22.4 Å². The Bertz CT molecular complexity index is 522. The zero-order valence-electron chi connectivity index (χ0n) is 9.76. The molecule has 1 heterocycles. The van der Waals surface area contributed by atoms with Crippen molar-refractivity contribution in [2.24, 2.45) is 0 Å². The molecular formula is C11H9Cl2F4NO2. The molecule has 1 fully saturated rings. The van der Waals surface area contributed by atoms with Crippen LogP contribution in [-0.4, -0.2) is 12.7 Å². The highest BCUT2D eigenvalue weighted by Crippen LogP contribution is 2.39. The minimum atomic E-state index is -4.73. The third-order valence-corrected chi connectivity index (χ3v) is 3.01. The van der Waals surface area contributed by atoms with E-state index in [1.165, 1.54) is 0 Å². The lowest BCUT2D eigenvalue weighted by molar-refractivity contribution is -0.138. The van der Waals surface area contributed by atoms with Gasteiger partial charge in [-0.15, -0.1) is 12.4 Å². The molecule has 0 bridgehead atoms. The summed E-state index contributed by atoms with van der Waals surface area (Å²) >= 11 is 5.51. The van der Waals surface area contributed by atoms with Gasteiger partial charge in [0.25, 0.3) is 0 Å². The highest BCUT2D eigenvalue weighted by molar-refractivity contribution is 6.30. The van der Waals surface area contributed by atoms with Crippen LogP contribution in [0, 0.1) is 5.82 Å². The number of alkyl carbamates (subject to hydrolysis) is 1. The number of nitrogens with one attached hydrogen (secondary N) is 1. The first-order chi connectivity index (χ1) is 8.80. The molecule has 3 nitrogen and oxygen atoms in total. The first kappa shape index (κ1) is 16.8. The van der Waals surface area contributed by atoms with Gasteiger partial charge in [0.05, 0.1) is 23.2 Å². The van der Waals surface area contributed by atoms with E-state index in [0.29, 0.717) is 6.07 Å². The predicted molar refractivity (Wildman–Crippen MR) is 65.5 cm³/mol. The lowest BCUT2D eigenvalue weighted by atomic mass is 9.96. The zero-order valence-corrected chi connectivity index (χ0v) is 11.3. The van der Waals surface area contributed by atoms with Gasteiger partial charge < -0.3 is 10.1 Å². The Kier molecular flexibility index (Phi) is 5.10. The van der Waals surface area contributed by atoms with Gasteiger partial charge >= 0.3 is 12.3 Å². The molecule has 1 amide bonds. The van der Waals surface area contributed by atoms with E-state index in [4.69, 9.17) is 11.6 Å². The highest BCUT2D eigenvalue weighted by atomic mass is 35.5. The molecule has 1 aliphatic heterocycles. The minimum Gasteiger partial charge on any atom is -0.449 e. The maximum Gasteiger partial charge on any atom is 0.416 e. The number of carbonyl (C=O) groups excluding carboxylic acids is 1. The van der Waals surface area contributed by atoms with Crippen LogP contribution in [0.3, 0.4) is 0 Å². The van der Waals surface area contributed by atoms with Crippen molar-refractivity contribution in [2.75, 3.05) is 6.61 Å². The molecule has 1 aromatic carbocycles. The van der Waals surface area contributed by atoms with Crippen molar-refractivity contribution in [3.63, 3.8) is 0 Å². The number of rotatable bonds is 1. The fourth-order valence-corrected chi connectivity index (χ4v) is 2.06. The van der Waals surface area contributed by atoms with Gasteiger partial charge in [-0.2, -0.15) is 13.2 Å². The van der Waals surface area contributed by atoms with Crippen molar-refractivity contribution in [1.82, 2.24) is 5.32 Å². The Labute approximate surface area is 122 Å². The number of hydrogen-bond donors (Lipinski definition) is 1. The molecule has 112 valence electrons. The summed E-state index contributed by atoms with van der Waals surface area (Å²) < 4.78 is 57.0. The standard InChI is InChI=1S/C11H8ClF4NO2.ClH/c12-6-2-1-5(11(14,15)16)8(9(6)13)7-3-4-19-10(18)17-7;/h1-2,7H,3-4H2,(H,17,18);1H/t7-;/m1./s1. The van der Waals surface area contributed by atoms with Gasteiger partial charge in [0.1, 0.15) is 5.82 Å². The minimum absolute atomic E-state index is 0. The monoisotopic (exact) mass is 333 g/mol. The topological polar surface area (TPSA) is 38.3 Å². The largest absolute Gasteiger partial charge is 0.449 e. The molecule has 2 rings (SSSR count). The summed E-state index contributed by atoms with van der Waals surface area (Å²) in [5.41, 5.74) is -1.81. The molecule has 0 aliphatic carbocycles. The van der Waals surface area contributed by atoms with Crippen molar-refractivity contribution in [3.05, 3.63) is 34.1 Å². The van der Waals surface area contributed by atoms with Crippen LogP contribution >= 0.6 is 24.0 Å². The summed E-state index contributed by atoms with van der Waals surface area (Å²) in [5.74, 6) is -1.18. The quantitative estimate of drug-likeness (QED) is 0.786. The van der Waals surface area contributed by atoms with Gasteiger partial charge in [-0.3, -0.25) is 0 Å². The van der Waals surface area contributed by atoms with E-state index in [1.807, 2.05) is 0 Å². The molecule has 1 aromatic rings. The van der Waals surface area contributed by atoms with E-state index in [9.17, 15) is 22.4 Å². The van der Waals surface area contributed by atoms with Gasteiger partial charge in [-0.05, 0) is 12.1 Å². The molecule has 0 spiro atoms. The molecule has 20 heavy (non-hydrogen) atoms. The molecule has 0 aromatic heterocycles. The second-order valence-corrected chi connectivity index (χ2v) is 4.35. The van der Waals surface area contributed by atoms with Crippen LogP contribution in [0.5, 0.6) is 0 Å². The van der Waals surface area contributed by atoms with Crippen molar-refractivity contribution in [3.8, 4) is 0 Å². The number of carbonyl (C=O) groups is 1. The fraction of sp³-hybridized carbons (Fsp3) is 0.364. The third-order valence-electron chi connectivity index (χ3n) is 2.72. The summed E-state index contributed by atoms with van der Waals surface area (Å²) in [6, 6.07) is 0.420. The van der Waals surface area contributed by atoms with E-state index < -0.39 is 40.3 Å². The van der Waals surface area contributed by atoms with Crippen molar-refractivity contribution in [2.45, 2.75) is 18.6 Å². The second-order valence-electron chi connectivity index (χ2n) is 3.94. The van der Waals surface area contributed by atoms with Crippen LogP contribution in [-0.2, 0) is 10.9 Å². The van der Waals surface area contributed by atoms with E-state index in [2.05, 4.69) is 10.1 Å². The number of cyclic esters (lactones) is 1. The summed E-state index contributed by atoms with van der Waals surface area (Å²) in [4.78, 5) is 11.0.